The maximum absolute atomic E-state index is 5.75. The van der Waals surface area contributed by atoms with Crippen LogP contribution in [0.25, 0.3) is 0 Å². The molecular weight excluding hydrogens is 170 g/mol. The van der Waals surface area contributed by atoms with Crippen LogP contribution in [0.1, 0.15) is 67.2 Å². The molecule has 0 fully saturated rings. The van der Waals surface area contributed by atoms with Gasteiger partial charge in [-0.05, 0) is 37.0 Å². The number of nitrogens with two attached hydrogens (primary N) is 1. The van der Waals surface area contributed by atoms with Crippen LogP contribution in [0.5, 0.6) is 0 Å². The van der Waals surface area contributed by atoms with Crippen LogP contribution >= 0.6 is 0 Å². The van der Waals surface area contributed by atoms with E-state index in [1.165, 1.54) is 19.3 Å². The van der Waals surface area contributed by atoms with Crippen LogP contribution in [0.4, 0.5) is 0 Å². The van der Waals surface area contributed by atoms with E-state index in [-0.39, 0.29) is 0 Å². The second kappa shape index (κ2) is 5.16. The molecule has 0 spiro atoms. The first-order valence-electron chi connectivity index (χ1n) is 5.88. The Morgan fingerprint density at radius 1 is 1.07 bits per heavy atom. The van der Waals surface area contributed by atoms with Gasteiger partial charge in [-0.3, -0.25) is 0 Å². The molecule has 86 valence electrons. The zero-order chi connectivity index (χ0) is 11.4. The fraction of sp³-hybridized carbons (Fsp3) is 1.00. The summed E-state index contributed by atoms with van der Waals surface area (Å²) in [5.41, 5.74) is 6.66. The molecule has 2 N–H and O–H groups in total. The van der Waals surface area contributed by atoms with Gasteiger partial charge in [-0.25, -0.2) is 0 Å². The smallest absolute Gasteiger partial charge is 0.00104 e. The first kappa shape index (κ1) is 14.0. The van der Waals surface area contributed by atoms with Crippen molar-refractivity contribution in [3.63, 3.8) is 0 Å². The summed E-state index contributed by atoms with van der Waals surface area (Å²) in [5, 5.41) is 0. The van der Waals surface area contributed by atoms with E-state index >= 15 is 0 Å². The molecule has 0 radical (unpaired) electrons. The maximum atomic E-state index is 5.75. The zero-order valence-corrected chi connectivity index (χ0v) is 11.0. The lowest BCUT2D eigenvalue weighted by Gasteiger charge is -2.32. The van der Waals surface area contributed by atoms with Crippen LogP contribution < -0.4 is 5.73 Å². The van der Waals surface area contributed by atoms with Gasteiger partial charge in [-0.1, -0.05) is 41.0 Å². The Labute approximate surface area is 90.5 Å². The van der Waals surface area contributed by atoms with Crippen molar-refractivity contribution in [2.24, 2.45) is 16.6 Å². The van der Waals surface area contributed by atoms with Crippen molar-refractivity contribution in [2.75, 3.05) is 0 Å². The minimum atomic E-state index is 0.362. The second-order valence-electron chi connectivity index (χ2n) is 6.77. The maximum Gasteiger partial charge on any atom is 0.00104 e. The average molecular weight is 199 g/mol. The van der Waals surface area contributed by atoms with Gasteiger partial charge in [0.05, 0.1) is 0 Å². The van der Waals surface area contributed by atoms with Crippen molar-refractivity contribution in [3.8, 4) is 0 Å². The first-order chi connectivity index (χ1) is 6.12. The van der Waals surface area contributed by atoms with Crippen LogP contribution in [0.3, 0.4) is 0 Å². The largest absolute Gasteiger partial charge is 0.328 e. The number of rotatable bonds is 5. The van der Waals surface area contributed by atoms with Gasteiger partial charge in [0.1, 0.15) is 0 Å². The Hall–Kier alpha value is -0.0400. The molecule has 1 nitrogen and oxygen atoms in total. The Morgan fingerprint density at radius 3 is 1.93 bits per heavy atom. The normalized spacial score (nSPS) is 15.6. The lowest BCUT2D eigenvalue weighted by atomic mass is 9.73. The SMILES string of the molecule is CC(N)CCCC(C)(C)CC(C)(C)C. The second-order valence-corrected chi connectivity index (χ2v) is 6.77. The standard InChI is InChI=1S/C13H29N/c1-11(14)8-7-9-13(5,6)10-12(2,3)4/h11H,7-10,14H2,1-6H3. The molecule has 0 rings (SSSR count). The third-order valence-electron chi connectivity index (χ3n) is 2.52. The molecule has 0 aromatic heterocycles. The first-order valence-corrected chi connectivity index (χ1v) is 5.88. The van der Waals surface area contributed by atoms with Crippen molar-refractivity contribution in [3.05, 3.63) is 0 Å². The summed E-state index contributed by atoms with van der Waals surface area (Å²) in [5.74, 6) is 0. The van der Waals surface area contributed by atoms with E-state index in [0.29, 0.717) is 16.9 Å². The van der Waals surface area contributed by atoms with E-state index in [2.05, 4.69) is 41.5 Å². The third-order valence-corrected chi connectivity index (χ3v) is 2.52. The van der Waals surface area contributed by atoms with Gasteiger partial charge in [0.2, 0.25) is 0 Å². The molecule has 0 saturated heterocycles. The van der Waals surface area contributed by atoms with E-state index in [4.69, 9.17) is 5.73 Å². The van der Waals surface area contributed by atoms with Crippen LogP contribution in [0.15, 0.2) is 0 Å². The molecule has 0 saturated carbocycles. The van der Waals surface area contributed by atoms with Gasteiger partial charge in [0.15, 0.2) is 0 Å². The van der Waals surface area contributed by atoms with E-state index in [1.54, 1.807) is 0 Å². The fourth-order valence-corrected chi connectivity index (χ4v) is 2.43. The molecule has 0 aliphatic heterocycles. The van der Waals surface area contributed by atoms with E-state index in [9.17, 15) is 0 Å². The Morgan fingerprint density at radius 2 is 1.57 bits per heavy atom. The quantitative estimate of drug-likeness (QED) is 0.712. The predicted molar refractivity (Wildman–Crippen MR) is 65.4 cm³/mol. The zero-order valence-electron chi connectivity index (χ0n) is 11.0. The van der Waals surface area contributed by atoms with Crippen molar-refractivity contribution in [1.82, 2.24) is 0 Å². The van der Waals surface area contributed by atoms with Gasteiger partial charge in [-0.15, -0.1) is 0 Å². The molecule has 1 unspecified atom stereocenters. The van der Waals surface area contributed by atoms with E-state index in [1.807, 2.05) is 0 Å². The molecule has 0 aliphatic rings. The molecule has 0 aromatic carbocycles. The van der Waals surface area contributed by atoms with Crippen LogP contribution in [0.2, 0.25) is 0 Å². The van der Waals surface area contributed by atoms with Crippen LogP contribution in [-0.2, 0) is 0 Å². The highest BCUT2D eigenvalue weighted by molar-refractivity contribution is 4.76. The summed E-state index contributed by atoms with van der Waals surface area (Å²) in [7, 11) is 0. The fourth-order valence-electron chi connectivity index (χ4n) is 2.43. The summed E-state index contributed by atoms with van der Waals surface area (Å²) < 4.78 is 0. The highest BCUT2D eigenvalue weighted by Crippen LogP contribution is 2.36. The topological polar surface area (TPSA) is 26.0 Å². The molecule has 14 heavy (non-hydrogen) atoms. The van der Waals surface area contributed by atoms with Gasteiger partial charge >= 0.3 is 0 Å². The summed E-state index contributed by atoms with van der Waals surface area (Å²) in [4.78, 5) is 0. The molecule has 0 bridgehead atoms. The highest BCUT2D eigenvalue weighted by Gasteiger charge is 2.24. The Kier molecular flexibility index (Phi) is 5.14. The Balaban J connectivity index is 3.84. The molecule has 0 aromatic rings. The van der Waals surface area contributed by atoms with Crippen molar-refractivity contribution in [2.45, 2.75) is 73.3 Å². The molecular formula is C13H29N. The lowest BCUT2D eigenvalue weighted by Crippen LogP contribution is -2.22. The summed E-state index contributed by atoms with van der Waals surface area (Å²) in [6.07, 6.45) is 5.01. The molecule has 0 aliphatic carbocycles. The van der Waals surface area contributed by atoms with Crippen molar-refractivity contribution < 1.29 is 0 Å². The number of hydrogen-bond donors (Lipinski definition) is 1. The molecule has 1 atom stereocenters. The van der Waals surface area contributed by atoms with Crippen molar-refractivity contribution >= 4 is 0 Å². The van der Waals surface area contributed by atoms with Gasteiger partial charge in [0, 0.05) is 6.04 Å². The summed E-state index contributed by atoms with van der Waals surface area (Å²) in [6.45, 7) is 13.8. The van der Waals surface area contributed by atoms with Crippen molar-refractivity contribution in [1.29, 1.82) is 0 Å². The van der Waals surface area contributed by atoms with Gasteiger partial charge < -0.3 is 5.73 Å². The van der Waals surface area contributed by atoms with Crippen LogP contribution in [0, 0.1) is 10.8 Å². The number of hydrogen-bond acceptors (Lipinski definition) is 1. The van der Waals surface area contributed by atoms with Crippen LogP contribution in [-0.4, -0.2) is 6.04 Å². The predicted octanol–water partition coefficient (Wildman–Crippen LogP) is 3.97. The summed E-state index contributed by atoms with van der Waals surface area (Å²) in [6, 6.07) is 0.362. The Bertz CT molecular complexity index is 151. The monoisotopic (exact) mass is 199 g/mol. The minimum Gasteiger partial charge on any atom is -0.328 e. The molecule has 1 heteroatoms. The minimum absolute atomic E-state index is 0.362. The molecule has 0 heterocycles. The average Bonchev–Trinajstić information content (AvgIpc) is 1.78. The van der Waals surface area contributed by atoms with Gasteiger partial charge in [0.25, 0.3) is 0 Å². The highest BCUT2D eigenvalue weighted by atomic mass is 14.6. The third kappa shape index (κ3) is 8.55. The van der Waals surface area contributed by atoms with E-state index < -0.39 is 0 Å². The lowest BCUT2D eigenvalue weighted by molar-refractivity contribution is 0.193. The molecule has 0 amide bonds. The summed E-state index contributed by atoms with van der Waals surface area (Å²) >= 11 is 0. The van der Waals surface area contributed by atoms with Gasteiger partial charge in [-0.2, -0.15) is 0 Å². The van der Waals surface area contributed by atoms with E-state index in [0.717, 1.165) is 6.42 Å².